The second-order valence-corrected chi connectivity index (χ2v) is 4.78. The van der Waals surface area contributed by atoms with E-state index in [0.717, 1.165) is 0 Å². The lowest BCUT2D eigenvalue weighted by Gasteiger charge is -2.42. The number of ether oxygens (including phenoxy) is 1. The molecule has 0 saturated carbocycles. The minimum absolute atomic E-state index is 0.0268. The molecule has 0 bridgehead atoms. The molecule has 19 heavy (non-hydrogen) atoms. The highest BCUT2D eigenvalue weighted by atomic mass is 16.5. The summed E-state index contributed by atoms with van der Waals surface area (Å²) in [6, 6.07) is 5.37. The van der Waals surface area contributed by atoms with Crippen LogP contribution in [0.5, 0.6) is 5.75 Å². The number of anilines is 2. The number of amides is 1. The van der Waals surface area contributed by atoms with Crippen LogP contribution in [0.25, 0.3) is 0 Å². The van der Waals surface area contributed by atoms with Crippen molar-refractivity contribution in [2.24, 2.45) is 5.73 Å². The number of nitrogen functional groups attached to an aromatic ring is 1. The van der Waals surface area contributed by atoms with Crippen LogP contribution in [0.1, 0.15) is 26.7 Å². The Morgan fingerprint density at radius 2 is 2.00 bits per heavy atom. The van der Waals surface area contributed by atoms with Gasteiger partial charge in [-0.15, -0.1) is 0 Å². The zero-order valence-electron chi connectivity index (χ0n) is 11.5. The Balaban J connectivity index is 2.52. The van der Waals surface area contributed by atoms with Crippen molar-refractivity contribution >= 4 is 17.3 Å². The molecule has 1 amide bonds. The van der Waals surface area contributed by atoms with Crippen molar-refractivity contribution in [3.8, 4) is 5.75 Å². The first-order valence-corrected chi connectivity index (χ1v) is 6.68. The quantitative estimate of drug-likeness (QED) is 0.807. The molecule has 0 aliphatic carbocycles. The molecular weight excluding hydrogens is 242 g/mol. The van der Waals surface area contributed by atoms with E-state index in [9.17, 15) is 4.79 Å². The monoisotopic (exact) mass is 263 g/mol. The van der Waals surface area contributed by atoms with Gasteiger partial charge < -0.3 is 21.1 Å². The number of carbonyl (C=O) groups excluding carboxylic acids is 1. The maximum Gasteiger partial charge on any atom is 0.271 e. The highest BCUT2D eigenvalue weighted by Gasteiger charge is 2.45. The molecular formula is C14H21N3O2. The molecule has 0 spiro atoms. The average Bonchev–Trinajstić information content (AvgIpc) is 2.42. The van der Waals surface area contributed by atoms with Gasteiger partial charge in [-0.05, 0) is 31.0 Å². The van der Waals surface area contributed by atoms with Gasteiger partial charge in [0.1, 0.15) is 5.75 Å². The van der Waals surface area contributed by atoms with E-state index < -0.39 is 5.60 Å². The minimum Gasteiger partial charge on any atom is -0.475 e. The second-order valence-electron chi connectivity index (χ2n) is 4.78. The highest BCUT2D eigenvalue weighted by molar-refractivity contribution is 6.03. The van der Waals surface area contributed by atoms with Crippen molar-refractivity contribution in [3.63, 3.8) is 0 Å². The van der Waals surface area contributed by atoms with Crippen molar-refractivity contribution in [2.45, 2.75) is 32.3 Å². The summed E-state index contributed by atoms with van der Waals surface area (Å²) < 4.78 is 5.97. The predicted octanol–water partition coefficient (Wildman–Crippen LogP) is 1.51. The molecule has 0 saturated heterocycles. The largest absolute Gasteiger partial charge is 0.475 e. The second kappa shape index (κ2) is 5.09. The van der Waals surface area contributed by atoms with Crippen LogP contribution in [-0.4, -0.2) is 24.6 Å². The van der Waals surface area contributed by atoms with Gasteiger partial charge in [0.05, 0.1) is 5.69 Å². The highest BCUT2D eigenvalue weighted by Crippen LogP contribution is 2.41. The number of rotatable bonds is 4. The molecule has 5 heteroatoms. The summed E-state index contributed by atoms with van der Waals surface area (Å²) in [6.07, 6.45) is 1.26. The van der Waals surface area contributed by atoms with Crippen molar-refractivity contribution < 1.29 is 9.53 Å². The van der Waals surface area contributed by atoms with Crippen LogP contribution in [-0.2, 0) is 4.79 Å². The van der Waals surface area contributed by atoms with Gasteiger partial charge in [0.2, 0.25) is 0 Å². The standard InChI is InChI=1S/C14H21N3O2/c1-3-14(4-2)13(18)17(8-7-15)11-9-10(16)5-6-12(11)19-14/h5-6,9H,3-4,7-8,15-16H2,1-2H3. The van der Waals surface area contributed by atoms with E-state index in [0.29, 0.717) is 43.1 Å². The fraction of sp³-hybridized carbons (Fsp3) is 0.500. The Kier molecular flexibility index (Phi) is 3.66. The van der Waals surface area contributed by atoms with Gasteiger partial charge in [0.25, 0.3) is 5.91 Å². The summed E-state index contributed by atoms with van der Waals surface area (Å²) in [6.45, 7) is 4.80. The lowest BCUT2D eigenvalue weighted by atomic mass is 9.92. The van der Waals surface area contributed by atoms with Gasteiger partial charge in [-0.25, -0.2) is 0 Å². The Bertz CT molecular complexity index is 484. The Morgan fingerprint density at radius 3 is 2.58 bits per heavy atom. The van der Waals surface area contributed by atoms with Crippen LogP contribution < -0.4 is 21.1 Å². The molecule has 1 aromatic carbocycles. The van der Waals surface area contributed by atoms with E-state index in [1.165, 1.54) is 0 Å². The van der Waals surface area contributed by atoms with Crippen LogP contribution in [0.15, 0.2) is 18.2 Å². The van der Waals surface area contributed by atoms with Crippen molar-refractivity contribution in [2.75, 3.05) is 23.7 Å². The van der Waals surface area contributed by atoms with Gasteiger partial charge in [0, 0.05) is 18.8 Å². The van der Waals surface area contributed by atoms with E-state index in [2.05, 4.69) is 0 Å². The number of benzene rings is 1. The first-order valence-electron chi connectivity index (χ1n) is 6.68. The molecule has 0 unspecified atom stereocenters. The molecule has 1 aromatic rings. The number of hydrogen-bond acceptors (Lipinski definition) is 4. The zero-order valence-corrected chi connectivity index (χ0v) is 11.5. The summed E-state index contributed by atoms with van der Waals surface area (Å²) >= 11 is 0. The van der Waals surface area contributed by atoms with Crippen molar-refractivity contribution in [1.29, 1.82) is 0 Å². The number of hydrogen-bond donors (Lipinski definition) is 2. The van der Waals surface area contributed by atoms with Crippen molar-refractivity contribution in [1.82, 2.24) is 0 Å². The SMILES string of the molecule is CCC1(CC)Oc2ccc(N)cc2N(CCN)C1=O. The average molecular weight is 263 g/mol. The van der Waals surface area contributed by atoms with E-state index in [1.54, 1.807) is 17.0 Å². The molecule has 2 rings (SSSR count). The molecule has 5 nitrogen and oxygen atoms in total. The van der Waals surface area contributed by atoms with Crippen LogP contribution in [0.4, 0.5) is 11.4 Å². The van der Waals surface area contributed by atoms with E-state index >= 15 is 0 Å². The van der Waals surface area contributed by atoms with E-state index in [-0.39, 0.29) is 5.91 Å². The van der Waals surface area contributed by atoms with Gasteiger partial charge in [-0.3, -0.25) is 4.79 Å². The molecule has 104 valence electrons. The fourth-order valence-corrected chi connectivity index (χ4v) is 2.49. The Hall–Kier alpha value is -1.75. The number of nitrogens with zero attached hydrogens (tertiary/aromatic N) is 1. The molecule has 0 fully saturated rings. The summed E-state index contributed by atoms with van der Waals surface area (Å²) in [5.41, 5.74) is 12.0. The van der Waals surface area contributed by atoms with Crippen molar-refractivity contribution in [3.05, 3.63) is 18.2 Å². The van der Waals surface area contributed by atoms with Crippen LogP contribution >= 0.6 is 0 Å². The molecule has 0 aromatic heterocycles. The fourth-order valence-electron chi connectivity index (χ4n) is 2.49. The Labute approximate surface area is 113 Å². The van der Waals surface area contributed by atoms with Crippen LogP contribution in [0, 0.1) is 0 Å². The third-order valence-corrected chi connectivity index (χ3v) is 3.71. The zero-order chi connectivity index (χ0) is 14.0. The predicted molar refractivity (Wildman–Crippen MR) is 76.2 cm³/mol. The molecule has 1 aliphatic heterocycles. The van der Waals surface area contributed by atoms with Gasteiger partial charge in [-0.2, -0.15) is 0 Å². The van der Waals surface area contributed by atoms with Gasteiger partial charge in [-0.1, -0.05) is 13.8 Å². The van der Waals surface area contributed by atoms with E-state index in [1.807, 2.05) is 19.9 Å². The lowest BCUT2D eigenvalue weighted by Crippen LogP contribution is -2.56. The van der Waals surface area contributed by atoms with E-state index in [4.69, 9.17) is 16.2 Å². The molecule has 4 N–H and O–H groups in total. The molecule has 0 radical (unpaired) electrons. The lowest BCUT2D eigenvalue weighted by molar-refractivity contribution is -0.136. The van der Waals surface area contributed by atoms with Crippen LogP contribution in [0.3, 0.4) is 0 Å². The normalized spacial score (nSPS) is 17.0. The maximum absolute atomic E-state index is 12.7. The maximum atomic E-state index is 12.7. The number of carbonyl (C=O) groups is 1. The number of nitrogens with two attached hydrogens (primary N) is 2. The summed E-state index contributed by atoms with van der Waals surface area (Å²) in [7, 11) is 0. The summed E-state index contributed by atoms with van der Waals surface area (Å²) in [4.78, 5) is 14.4. The van der Waals surface area contributed by atoms with Crippen LogP contribution in [0.2, 0.25) is 0 Å². The third-order valence-electron chi connectivity index (χ3n) is 3.71. The molecule has 1 aliphatic rings. The summed E-state index contributed by atoms with van der Waals surface area (Å²) in [5.74, 6) is 0.673. The smallest absolute Gasteiger partial charge is 0.271 e. The third kappa shape index (κ3) is 2.14. The molecule has 1 heterocycles. The molecule has 0 atom stereocenters. The number of fused-ring (bicyclic) bond motifs is 1. The first kappa shape index (κ1) is 13.7. The minimum atomic E-state index is -0.779. The van der Waals surface area contributed by atoms with Gasteiger partial charge >= 0.3 is 0 Å². The Morgan fingerprint density at radius 1 is 1.32 bits per heavy atom. The topological polar surface area (TPSA) is 81.6 Å². The summed E-state index contributed by atoms with van der Waals surface area (Å²) in [5, 5.41) is 0. The van der Waals surface area contributed by atoms with Gasteiger partial charge in [0.15, 0.2) is 5.60 Å². The first-order chi connectivity index (χ1) is 9.07.